The Bertz CT molecular complexity index is 883. The third-order valence-corrected chi connectivity index (χ3v) is 3.31. The van der Waals surface area contributed by atoms with Crippen LogP contribution in [0.5, 0.6) is 0 Å². The van der Waals surface area contributed by atoms with E-state index in [0.29, 0.717) is 12.1 Å². The number of methoxy groups -OCH3 is 1. The predicted molar refractivity (Wildman–Crippen MR) is 84.8 cm³/mol. The lowest BCUT2D eigenvalue weighted by atomic mass is 10.1. The Labute approximate surface area is 144 Å². The molecule has 0 radical (unpaired) electrons. The molecule has 0 aliphatic rings. The monoisotopic (exact) mass is 367 g/mol. The Morgan fingerprint density at radius 1 is 1.08 bits per heavy atom. The van der Waals surface area contributed by atoms with E-state index < -0.39 is 44.4 Å². The van der Waals surface area contributed by atoms with E-state index in [1.165, 1.54) is 0 Å². The Balaban J connectivity index is 2.51. The quantitative estimate of drug-likeness (QED) is 0.472. The van der Waals surface area contributed by atoms with Gasteiger partial charge in [-0.15, -0.1) is 0 Å². The summed E-state index contributed by atoms with van der Waals surface area (Å²) in [5, 5.41) is 24.7. The van der Waals surface area contributed by atoms with Crippen molar-refractivity contribution in [1.82, 2.24) is 0 Å². The fourth-order valence-electron chi connectivity index (χ4n) is 2.22. The minimum atomic E-state index is -1.05. The Hall–Kier alpha value is -3.63. The number of carbonyl (C=O) groups excluding carboxylic acids is 1. The van der Waals surface area contributed by atoms with Crippen molar-refractivity contribution in [2.24, 2.45) is 0 Å². The molecule has 136 valence electrons. The number of halogens is 2. The van der Waals surface area contributed by atoms with Gasteiger partial charge in [0.15, 0.2) is 0 Å². The van der Waals surface area contributed by atoms with Gasteiger partial charge < -0.3 is 10.1 Å². The average molecular weight is 367 g/mol. The number of nitrogens with zero attached hydrogens (tertiary/aromatic N) is 2. The largest absolute Gasteiger partial charge is 0.465 e. The molecule has 0 aromatic heterocycles. The average Bonchev–Trinajstić information content (AvgIpc) is 2.57. The van der Waals surface area contributed by atoms with Crippen LogP contribution in [-0.4, -0.2) is 22.9 Å². The van der Waals surface area contributed by atoms with Crippen LogP contribution in [0.15, 0.2) is 30.3 Å². The molecular weight excluding hydrogens is 356 g/mol. The van der Waals surface area contributed by atoms with E-state index >= 15 is 0 Å². The van der Waals surface area contributed by atoms with E-state index in [2.05, 4.69) is 10.1 Å². The summed E-state index contributed by atoms with van der Waals surface area (Å²) in [4.78, 5) is 32.2. The Morgan fingerprint density at radius 2 is 1.69 bits per heavy atom. The summed E-state index contributed by atoms with van der Waals surface area (Å²) in [6, 6.07) is 4.11. The molecule has 0 saturated carbocycles. The standard InChI is InChI=1S/C15H11F2N3O6/c1-26-15(21)12-5-11(19(22)23)6-13(20(24)25)14(12)18-7-8-2-9(16)4-10(17)3-8/h2-6,18H,7H2,1H3. The van der Waals surface area contributed by atoms with Crippen molar-refractivity contribution in [3.8, 4) is 0 Å². The van der Waals surface area contributed by atoms with E-state index in [-0.39, 0.29) is 17.8 Å². The number of anilines is 1. The third kappa shape index (κ3) is 4.06. The molecule has 0 bridgehead atoms. The number of hydrogen-bond acceptors (Lipinski definition) is 7. The summed E-state index contributed by atoms with van der Waals surface area (Å²) in [7, 11) is 0.999. The van der Waals surface area contributed by atoms with Gasteiger partial charge in [-0.3, -0.25) is 20.2 Å². The maximum absolute atomic E-state index is 13.2. The molecule has 2 aromatic carbocycles. The van der Waals surface area contributed by atoms with E-state index in [1.807, 2.05) is 0 Å². The van der Waals surface area contributed by atoms with Gasteiger partial charge in [0, 0.05) is 18.7 Å². The number of ether oxygens (including phenoxy) is 1. The highest BCUT2D eigenvalue weighted by atomic mass is 19.1. The molecule has 0 spiro atoms. The van der Waals surface area contributed by atoms with Crippen molar-refractivity contribution in [2.45, 2.75) is 6.54 Å². The van der Waals surface area contributed by atoms with E-state index in [0.717, 1.165) is 25.3 Å². The molecule has 0 amide bonds. The van der Waals surface area contributed by atoms with E-state index in [9.17, 15) is 33.8 Å². The normalized spacial score (nSPS) is 10.3. The van der Waals surface area contributed by atoms with Gasteiger partial charge in [0.25, 0.3) is 11.4 Å². The number of rotatable bonds is 6. The highest BCUT2D eigenvalue weighted by molar-refractivity contribution is 5.99. The van der Waals surface area contributed by atoms with Crippen molar-refractivity contribution in [2.75, 3.05) is 12.4 Å². The molecule has 11 heteroatoms. The first kappa shape index (κ1) is 18.7. The van der Waals surface area contributed by atoms with Gasteiger partial charge in [-0.1, -0.05) is 0 Å². The van der Waals surface area contributed by atoms with Crippen molar-refractivity contribution in [1.29, 1.82) is 0 Å². The summed E-state index contributed by atoms with van der Waals surface area (Å²) in [6.07, 6.45) is 0. The smallest absolute Gasteiger partial charge is 0.340 e. The highest BCUT2D eigenvalue weighted by Crippen LogP contribution is 2.34. The van der Waals surface area contributed by atoms with Crippen molar-refractivity contribution in [3.63, 3.8) is 0 Å². The summed E-state index contributed by atoms with van der Waals surface area (Å²) in [6.45, 7) is -0.280. The lowest BCUT2D eigenvalue weighted by Gasteiger charge is -2.11. The first-order valence-corrected chi connectivity index (χ1v) is 6.97. The lowest BCUT2D eigenvalue weighted by molar-refractivity contribution is -0.393. The minimum absolute atomic E-state index is 0.103. The lowest BCUT2D eigenvalue weighted by Crippen LogP contribution is -2.11. The first-order valence-electron chi connectivity index (χ1n) is 6.97. The van der Waals surface area contributed by atoms with Gasteiger partial charge in [0.1, 0.15) is 17.3 Å². The zero-order valence-corrected chi connectivity index (χ0v) is 13.2. The predicted octanol–water partition coefficient (Wildman–Crippen LogP) is 3.18. The summed E-state index contributed by atoms with van der Waals surface area (Å²) in [5.74, 6) is -2.76. The molecule has 0 aliphatic carbocycles. The molecule has 0 atom stereocenters. The fraction of sp³-hybridized carbons (Fsp3) is 0.133. The zero-order chi connectivity index (χ0) is 19.4. The van der Waals surface area contributed by atoms with Crippen molar-refractivity contribution < 1.29 is 28.2 Å². The molecule has 1 N–H and O–H groups in total. The number of nitro benzene ring substituents is 2. The van der Waals surface area contributed by atoms with Crippen LogP contribution in [0.1, 0.15) is 15.9 Å². The van der Waals surface area contributed by atoms with Gasteiger partial charge in [0.2, 0.25) is 0 Å². The van der Waals surface area contributed by atoms with Gasteiger partial charge in [-0.2, -0.15) is 0 Å². The van der Waals surface area contributed by atoms with Gasteiger partial charge >= 0.3 is 5.97 Å². The van der Waals surface area contributed by atoms with Crippen LogP contribution >= 0.6 is 0 Å². The van der Waals surface area contributed by atoms with Gasteiger partial charge in [-0.25, -0.2) is 13.6 Å². The molecule has 0 saturated heterocycles. The maximum atomic E-state index is 13.2. The van der Waals surface area contributed by atoms with Crippen LogP contribution in [-0.2, 0) is 11.3 Å². The maximum Gasteiger partial charge on any atom is 0.340 e. The molecule has 0 unspecified atom stereocenters. The molecule has 0 heterocycles. The molecule has 26 heavy (non-hydrogen) atoms. The number of benzene rings is 2. The van der Waals surface area contributed by atoms with Crippen LogP contribution in [0.25, 0.3) is 0 Å². The first-order chi connectivity index (χ1) is 12.2. The van der Waals surface area contributed by atoms with Crippen LogP contribution in [0.2, 0.25) is 0 Å². The van der Waals surface area contributed by atoms with Crippen LogP contribution in [0.3, 0.4) is 0 Å². The molecule has 0 aliphatic heterocycles. The second-order valence-corrected chi connectivity index (χ2v) is 5.02. The van der Waals surface area contributed by atoms with Crippen LogP contribution in [0.4, 0.5) is 25.8 Å². The van der Waals surface area contributed by atoms with Crippen LogP contribution in [0, 0.1) is 31.9 Å². The number of esters is 1. The van der Waals surface area contributed by atoms with E-state index in [1.54, 1.807) is 0 Å². The number of hydrogen-bond donors (Lipinski definition) is 1. The molecule has 0 fully saturated rings. The summed E-state index contributed by atoms with van der Waals surface area (Å²) < 4.78 is 31.0. The molecule has 2 rings (SSSR count). The van der Waals surface area contributed by atoms with E-state index in [4.69, 9.17) is 0 Å². The summed E-state index contributed by atoms with van der Waals surface area (Å²) in [5.41, 5.74) is -2.15. The SMILES string of the molecule is COC(=O)c1cc([N+](=O)[O-])cc([N+](=O)[O-])c1NCc1cc(F)cc(F)c1. The molecular formula is C15H11F2N3O6. The highest BCUT2D eigenvalue weighted by Gasteiger charge is 2.28. The number of nitro groups is 2. The second kappa shape index (κ2) is 7.51. The number of non-ortho nitro benzene ring substituents is 1. The van der Waals surface area contributed by atoms with Crippen LogP contribution < -0.4 is 5.32 Å². The fourth-order valence-corrected chi connectivity index (χ4v) is 2.22. The minimum Gasteiger partial charge on any atom is -0.465 e. The van der Waals surface area contributed by atoms with Crippen molar-refractivity contribution >= 4 is 23.0 Å². The number of nitrogens with one attached hydrogen (secondary N) is 1. The molecule has 9 nitrogen and oxygen atoms in total. The topological polar surface area (TPSA) is 125 Å². The third-order valence-electron chi connectivity index (χ3n) is 3.31. The second-order valence-electron chi connectivity index (χ2n) is 5.02. The Morgan fingerprint density at radius 3 is 2.19 bits per heavy atom. The van der Waals surface area contributed by atoms with Gasteiger partial charge in [0.05, 0.1) is 28.6 Å². The van der Waals surface area contributed by atoms with Crippen molar-refractivity contribution in [3.05, 3.63) is 73.3 Å². The zero-order valence-electron chi connectivity index (χ0n) is 13.2. The Kier molecular flexibility index (Phi) is 5.40. The number of carbonyl (C=O) groups is 1. The summed E-state index contributed by atoms with van der Waals surface area (Å²) >= 11 is 0. The molecule has 2 aromatic rings. The van der Waals surface area contributed by atoms with Gasteiger partial charge in [-0.05, 0) is 17.7 Å².